The molecule has 1 aromatic rings. The lowest BCUT2D eigenvalue weighted by Gasteiger charge is -2.20. The van der Waals surface area contributed by atoms with Gasteiger partial charge in [0.15, 0.2) is 0 Å². The fraction of sp³-hybridized carbons (Fsp3) is 0.538. The van der Waals surface area contributed by atoms with Crippen LogP contribution in [0.4, 0.5) is 0 Å². The molecule has 0 saturated carbocycles. The maximum absolute atomic E-state index is 2.40. The highest BCUT2D eigenvalue weighted by Crippen LogP contribution is 2.10. The van der Waals surface area contributed by atoms with E-state index in [1.807, 2.05) is 0 Å². The van der Waals surface area contributed by atoms with Crippen LogP contribution >= 0.6 is 22.6 Å². The molecule has 0 saturated heterocycles. The standard InChI is InChI=1S/C13H20IN/c1-4-11(2)9-15(3)10-12-5-7-13(14)8-6-12/h5-8,11H,4,9-10H2,1-3H3. The van der Waals surface area contributed by atoms with Crippen molar-refractivity contribution in [2.75, 3.05) is 13.6 Å². The molecule has 0 heterocycles. The third-order valence-electron chi connectivity index (χ3n) is 2.69. The molecule has 0 aromatic heterocycles. The summed E-state index contributed by atoms with van der Waals surface area (Å²) in [6.07, 6.45) is 1.26. The van der Waals surface area contributed by atoms with Crippen LogP contribution in [0.25, 0.3) is 0 Å². The van der Waals surface area contributed by atoms with Gasteiger partial charge in [-0.05, 0) is 53.3 Å². The third-order valence-corrected chi connectivity index (χ3v) is 3.41. The van der Waals surface area contributed by atoms with Crippen molar-refractivity contribution in [3.05, 3.63) is 33.4 Å². The van der Waals surface area contributed by atoms with E-state index in [9.17, 15) is 0 Å². The van der Waals surface area contributed by atoms with Crippen LogP contribution in [0.1, 0.15) is 25.8 Å². The summed E-state index contributed by atoms with van der Waals surface area (Å²) in [6, 6.07) is 8.78. The molecule has 0 amide bonds. The SMILES string of the molecule is CCC(C)CN(C)Cc1ccc(I)cc1. The summed E-state index contributed by atoms with van der Waals surface area (Å²) in [5.41, 5.74) is 1.40. The first-order chi connectivity index (χ1) is 7.11. The average molecular weight is 317 g/mol. The Morgan fingerprint density at radius 3 is 2.40 bits per heavy atom. The van der Waals surface area contributed by atoms with E-state index in [-0.39, 0.29) is 0 Å². The van der Waals surface area contributed by atoms with Gasteiger partial charge >= 0.3 is 0 Å². The molecule has 84 valence electrons. The van der Waals surface area contributed by atoms with Crippen LogP contribution in [-0.4, -0.2) is 18.5 Å². The Morgan fingerprint density at radius 1 is 1.27 bits per heavy atom. The molecule has 0 bridgehead atoms. The fourth-order valence-corrected chi connectivity index (χ4v) is 1.99. The Kier molecular flexibility index (Phi) is 5.61. The quantitative estimate of drug-likeness (QED) is 0.747. The summed E-state index contributed by atoms with van der Waals surface area (Å²) < 4.78 is 1.31. The van der Waals surface area contributed by atoms with Gasteiger partial charge in [-0.1, -0.05) is 32.4 Å². The Morgan fingerprint density at radius 2 is 1.87 bits per heavy atom. The van der Waals surface area contributed by atoms with Gasteiger partial charge in [0.2, 0.25) is 0 Å². The molecule has 1 unspecified atom stereocenters. The second kappa shape index (κ2) is 6.48. The van der Waals surface area contributed by atoms with Crippen LogP contribution in [0.3, 0.4) is 0 Å². The normalized spacial score (nSPS) is 13.1. The first-order valence-electron chi connectivity index (χ1n) is 5.54. The first kappa shape index (κ1) is 13.0. The zero-order valence-corrected chi connectivity index (χ0v) is 12.0. The number of halogens is 1. The van der Waals surface area contributed by atoms with Gasteiger partial charge in [-0.3, -0.25) is 0 Å². The lowest BCUT2D eigenvalue weighted by Crippen LogP contribution is -2.23. The van der Waals surface area contributed by atoms with Crippen molar-refractivity contribution in [1.29, 1.82) is 0 Å². The van der Waals surface area contributed by atoms with E-state index in [0.717, 1.165) is 12.5 Å². The second-order valence-corrected chi connectivity index (χ2v) is 5.58. The van der Waals surface area contributed by atoms with Crippen molar-refractivity contribution in [2.45, 2.75) is 26.8 Å². The third kappa shape index (κ3) is 4.98. The molecule has 1 nitrogen and oxygen atoms in total. The fourth-order valence-electron chi connectivity index (χ4n) is 1.63. The van der Waals surface area contributed by atoms with E-state index in [1.165, 1.54) is 22.1 Å². The lowest BCUT2D eigenvalue weighted by molar-refractivity contribution is 0.275. The van der Waals surface area contributed by atoms with E-state index in [4.69, 9.17) is 0 Å². The van der Waals surface area contributed by atoms with Crippen molar-refractivity contribution < 1.29 is 0 Å². The number of hydrogen-bond acceptors (Lipinski definition) is 1. The number of benzene rings is 1. The van der Waals surface area contributed by atoms with E-state index >= 15 is 0 Å². The van der Waals surface area contributed by atoms with Crippen molar-refractivity contribution in [3.63, 3.8) is 0 Å². The highest BCUT2D eigenvalue weighted by atomic mass is 127. The molecule has 0 radical (unpaired) electrons. The minimum Gasteiger partial charge on any atom is -0.302 e. The predicted molar refractivity (Wildman–Crippen MR) is 74.9 cm³/mol. The van der Waals surface area contributed by atoms with Gasteiger partial charge in [0.25, 0.3) is 0 Å². The van der Waals surface area contributed by atoms with Gasteiger partial charge in [-0.25, -0.2) is 0 Å². The van der Waals surface area contributed by atoms with Crippen molar-refractivity contribution >= 4 is 22.6 Å². The highest BCUT2D eigenvalue weighted by Gasteiger charge is 2.04. The van der Waals surface area contributed by atoms with Crippen LogP contribution in [-0.2, 0) is 6.54 Å². The highest BCUT2D eigenvalue weighted by molar-refractivity contribution is 14.1. The van der Waals surface area contributed by atoms with Crippen molar-refractivity contribution in [3.8, 4) is 0 Å². The lowest BCUT2D eigenvalue weighted by atomic mass is 10.1. The van der Waals surface area contributed by atoms with Gasteiger partial charge in [0.05, 0.1) is 0 Å². The summed E-state index contributed by atoms with van der Waals surface area (Å²) in [6.45, 7) is 6.80. The van der Waals surface area contributed by atoms with Crippen LogP contribution in [0.5, 0.6) is 0 Å². The Bertz CT molecular complexity index is 281. The topological polar surface area (TPSA) is 3.24 Å². The molecule has 15 heavy (non-hydrogen) atoms. The van der Waals surface area contributed by atoms with Gasteiger partial charge in [-0.2, -0.15) is 0 Å². The summed E-state index contributed by atoms with van der Waals surface area (Å²) in [5, 5.41) is 0. The van der Waals surface area contributed by atoms with Gasteiger partial charge in [0.1, 0.15) is 0 Å². The van der Waals surface area contributed by atoms with Crippen molar-refractivity contribution in [2.24, 2.45) is 5.92 Å². The molecule has 2 heteroatoms. The van der Waals surface area contributed by atoms with E-state index in [2.05, 4.69) is 72.7 Å². The average Bonchev–Trinajstić information content (AvgIpc) is 2.21. The molecule has 0 aliphatic carbocycles. The summed E-state index contributed by atoms with van der Waals surface area (Å²) in [7, 11) is 2.20. The van der Waals surface area contributed by atoms with Crippen molar-refractivity contribution in [1.82, 2.24) is 4.90 Å². The van der Waals surface area contributed by atoms with Crippen LogP contribution in [0, 0.1) is 9.49 Å². The molecule has 1 atom stereocenters. The van der Waals surface area contributed by atoms with Crippen LogP contribution < -0.4 is 0 Å². The number of hydrogen-bond donors (Lipinski definition) is 0. The zero-order valence-electron chi connectivity index (χ0n) is 9.83. The Labute approximate surface area is 107 Å². The van der Waals surface area contributed by atoms with Gasteiger partial charge in [0, 0.05) is 16.7 Å². The van der Waals surface area contributed by atoms with Gasteiger partial charge < -0.3 is 4.90 Å². The second-order valence-electron chi connectivity index (χ2n) is 4.34. The number of rotatable bonds is 5. The maximum atomic E-state index is 2.40. The largest absolute Gasteiger partial charge is 0.302 e. The molecule has 0 aliphatic rings. The predicted octanol–water partition coefficient (Wildman–Crippen LogP) is 3.77. The zero-order chi connectivity index (χ0) is 11.3. The molecule has 1 aromatic carbocycles. The minimum atomic E-state index is 0.791. The minimum absolute atomic E-state index is 0.791. The summed E-state index contributed by atoms with van der Waals surface area (Å²) in [4.78, 5) is 2.40. The Balaban J connectivity index is 2.44. The maximum Gasteiger partial charge on any atom is 0.0230 e. The summed E-state index contributed by atoms with van der Waals surface area (Å²) in [5.74, 6) is 0.791. The van der Waals surface area contributed by atoms with Crippen LogP contribution in [0.2, 0.25) is 0 Å². The molecule has 0 fully saturated rings. The Hall–Kier alpha value is -0.0900. The monoisotopic (exact) mass is 317 g/mol. The molecule has 0 N–H and O–H groups in total. The first-order valence-corrected chi connectivity index (χ1v) is 6.62. The van der Waals surface area contributed by atoms with E-state index in [0.29, 0.717) is 0 Å². The number of nitrogens with zero attached hydrogens (tertiary/aromatic N) is 1. The molecular weight excluding hydrogens is 297 g/mol. The van der Waals surface area contributed by atoms with E-state index in [1.54, 1.807) is 0 Å². The molecule has 0 spiro atoms. The molecule has 1 rings (SSSR count). The van der Waals surface area contributed by atoms with Crippen LogP contribution in [0.15, 0.2) is 24.3 Å². The summed E-state index contributed by atoms with van der Waals surface area (Å²) >= 11 is 2.34. The van der Waals surface area contributed by atoms with E-state index < -0.39 is 0 Å². The smallest absolute Gasteiger partial charge is 0.0230 e. The molecule has 0 aliphatic heterocycles. The molecular formula is C13H20IN. The van der Waals surface area contributed by atoms with Gasteiger partial charge in [-0.15, -0.1) is 0 Å².